The number of carbonyl (C=O) groups is 1. The Balaban J connectivity index is 1.74. The smallest absolute Gasteiger partial charge is 0.247 e. The van der Waals surface area contributed by atoms with E-state index < -0.39 is 5.54 Å². The largest absolute Gasteiger partial charge is 0.383 e. The Labute approximate surface area is 162 Å². The number of aryl methyl sites for hydroxylation is 1. The van der Waals surface area contributed by atoms with Crippen molar-refractivity contribution in [3.63, 3.8) is 0 Å². The highest BCUT2D eigenvalue weighted by molar-refractivity contribution is 7.09. The summed E-state index contributed by atoms with van der Waals surface area (Å²) in [5.41, 5.74) is 0.800. The van der Waals surface area contributed by atoms with Gasteiger partial charge in [0.15, 0.2) is 0 Å². The Bertz CT molecular complexity index is 785. The number of aromatic nitrogens is 1. The molecule has 1 unspecified atom stereocenters. The summed E-state index contributed by atoms with van der Waals surface area (Å²) < 4.78 is 18.6. The third-order valence-electron chi connectivity index (χ3n) is 4.64. The van der Waals surface area contributed by atoms with Crippen molar-refractivity contribution in [2.24, 2.45) is 0 Å². The lowest BCUT2D eigenvalue weighted by molar-refractivity contribution is -0.125. The van der Waals surface area contributed by atoms with E-state index in [9.17, 15) is 9.18 Å². The maximum absolute atomic E-state index is 13.6. The Morgan fingerprint density at radius 1 is 1.48 bits per heavy atom. The van der Waals surface area contributed by atoms with Crippen LogP contribution in [0.5, 0.6) is 0 Å². The summed E-state index contributed by atoms with van der Waals surface area (Å²) in [6.45, 7) is 4.85. The van der Waals surface area contributed by atoms with Crippen LogP contribution < -0.4 is 10.6 Å². The first-order valence-corrected chi connectivity index (χ1v) is 9.83. The molecule has 1 aliphatic rings. The molecule has 1 atom stereocenters. The Kier molecular flexibility index (Phi) is 6.41. The number of carbonyl (C=O) groups excluding carboxylic acids is 1. The van der Waals surface area contributed by atoms with Gasteiger partial charge in [-0.1, -0.05) is 6.07 Å². The number of rotatable bonds is 8. The van der Waals surface area contributed by atoms with E-state index in [2.05, 4.69) is 20.5 Å². The number of methoxy groups -OCH3 is 1. The van der Waals surface area contributed by atoms with Crippen molar-refractivity contribution >= 4 is 22.9 Å². The lowest BCUT2D eigenvalue weighted by Crippen LogP contribution is -2.54. The van der Waals surface area contributed by atoms with Crippen LogP contribution in [0.15, 0.2) is 29.6 Å². The standard InChI is InChI=1S/C19H25FN4O2S/c1-14-22-17(12-27-14)11-24-8-6-19(13-24,18(25)21-7-9-26-2)23-16-5-3-4-15(20)10-16/h3-5,10,12,23H,6-9,11,13H2,1-2H3,(H,21,25). The van der Waals surface area contributed by atoms with Gasteiger partial charge in [-0.25, -0.2) is 9.37 Å². The second-order valence-corrected chi connectivity index (χ2v) is 7.85. The molecule has 0 bridgehead atoms. The summed E-state index contributed by atoms with van der Waals surface area (Å²) >= 11 is 1.62. The molecule has 2 heterocycles. The molecule has 1 aliphatic heterocycles. The molecule has 2 aromatic rings. The van der Waals surface area contributed by atoms with E-state index in [0.29, 0.717) is 38.3 Å². The minimum atomic E-state index is -0.813. The minimum Gasteiger partial charge on any atom is -0.383 e. The number of nitrogens with one attached hydrogen (secondary N) is 2. The number of amides is 1. The zero-order valence-corrected chi connectivity index (χ0v) is 16.4. The molecule has 1 amide bonds. The van der Waals surface area contributed by atoms with E-state index in [4.69, 9.17) is 4.74 Å². The van der Waals surface area contributed by atoms with Crippen LogP contribution in [0.2, 0.25) is 0 Å². The van der Waals surface area contributed by atoms with E-state index in [1.54, 1.807) is 30.6 Å². The SMILES string of the molecule is COCCNC(=O)C1(Nc2cccc(F)c2)CCN(Cc2csc(C)n2)C1. The van der Waals surface area contributed by atoms with Crippen molar-refractivity contribution in [2.75, 3.05) is 38.7 Å². The number of anilines is 1. The van der Waals surface area contributed by atoms with Gasteiger partial charge in [-0.3, -0.25) is 9.69 Å². The molecule has 3 rings (SSSR count). The molecule has 0 spiro atoms. The van der Waals surface area contributed by atoms with Crippen LogP contribution in [0.3, 0.4) is 0 Å². The second-order valence-electron chi connectivity index (χ2n) is 6.78. The number of ether oxygens (including phenoxy) is 1. The van der Waals surface area contributed by atoms with E-state index >= 15 is 0 Å². The number of halogens is 1. The average molecular weight is 393 g/mol. The third-order valence-corrected chi connectivity index (χ3v) is 5.46. The Hall–Kier alpha value is -2.03. The molecule has 1 fully saturated rings. The van der Waals surface area contributed by atoms with Crippen molar-refractivity contribution in [3.8, 4) is 0 Å². The lowest BCUT2D eigenvalue weighted by Gasteiger charge is -2.30. The molecule has 27 heavy (non-hydrogen) atoms. The Morgan fingerprint density at radius 2 is 2.33 bits per heavy atom. The van der Waals surface area contributed by atoms with Gasteiger partial charge < -0.3 is 15.4 Å². The lowest BCUT2D eigenvalue weighted by atomic mass is 9.96. The van der Waals surface area contributed by atoms with Crippen LogP contribution in [-0.4, -0.2) is 54.7 Å². The quantitative estimate of drug-likeness (QED) is 0.676. The van der Waals surface area contributed by atoms with Crippen molar-refractivity contribution in [1.29, 1.82) is 0 Å². The normalized spacial score (nSPS) is 20.0. The molecule has 0 radical (unpaired) electrons. The summed E-state index contributed by atoms with van der Waals surface area (Å²) in [4.78, 5) is 19.7. The summed E-state index contributed by atoms with van der Waals surface area (Å²) in [5.74, 6) is -0.427. The maximum atomic E-state index is 13.6. The van der Waals surface area contributed by atoms with E-state index in [0.717, 1.165) is 17.2 Å². The number of hydrogen-bond acceptors (Lipinski definition) is 6. The summed E-state index contributed by atoms with van der Waals surface area (Å²) in [5, 5.41) is 9.30. The monoisotopic (exact) mass is 392 g/mol. The average Bonchev–Trinajstić information content (AvgIpc) is 3.22. The predicted molar refractivity (Wildman–Crippen MR) is 104 cm³/mol. The van der Waals surface area contributed by atoms with Crippen molar-refractivity contribution < 1.29 is 13.9 Å². The number of thiazole rings is 1. The molecule has 0 aliphatic carbocycles. The number of nitrogens with zero attached hydrogens (tertiary/aromatic N) is 2. The number of benzene rings is 1. The van der Waals surface area contributed by atoms with Crippen molar-refractivity contribution in [2.45, 2.75) is 25.4 Å². The molecule has 146 valence electrons. The molecule has 8 heteroatoms. The zero-order chi connectivity index (χ0) is 19.3. The van der Waals surface area contributed by atoms with E-state index in [1.807, 2.05) is 12.3 Å². The molecular weight excluding hydrogens is 367 g/mol. The van der Waals surface area contributed by atoms with Crippen LogP contribution in [-0.2, 0) is 16.1 Å². The number of likely N-dealkylation sites (tertiary alicyclic amines) is 1. The van der Waals surface area contributed by atoms with Crippen LogP contribution in [0.25, 0.3) is 0 Å². The number of hydrogen-bond donors (Lipinski definition) is 2. The van der Waals surface area contributed by atoms with E-state index in [1.165, 1.54) is 12.1 Å². The first-order chi connectivity index (χ1) is 13.0. The third kappa shape index (κ3) is 5.03. The highest BCUT2D eigenvalue weighted by Gasteiger charge is 2.44. The van der Waals surface area contributed by atoms with Crippen LogP contribution in [0, 0.1) is 12.7 Å². The van der Waals surface area contributed by atoms with Gasteiger partial charge >= 0.3 is 0 Å². The maximum Gasteiger partial charge on any atom is 0.247 e. The van der Waals surface area contributed by atoms with E-state index in [-0.39, 0.29) is 11.7 Å². The van der Waals surface area contributed by atoms with Gasteiger partial charge in [-0.05, 0) is 31.5 Å². The molecule has 1 saturated heterocycles. The summed E-state index contributed by atoms with van der Waals surface area (Å²) in [6, 6.07) is 6.22. The van der Waals surface area contributed by atoms with Gasteiger partial charge in [-0.15, -0.1) is 11.3 Å². The molecule has 2 N–H and O–H groups in total. The first kappa shape index (κ1) is 19.7. The van der Waals surface area contributed by atoms with Gasteiger partial charge in [0.2, 0.25) is 5.91 Å². The fourth-order valence-corrected chi connectivity index (χ4v) is 3.96. The molecule has 0 saturated carbocycles. The van der Waals surface area contributed by atoms with Crippen LogP contribution in [0.1, 0.15) is 17.1 Å². The minimum absolute atomic E-state index is 0.0965. The zero-order valence-electron chi connectivity index (χ0n) is 15.6. The molecule has 6 nitrogen and oxygen atoms in total. The highest BCUT2D eigenvalue weighted by atomic mass is 32.1. The predicted octanol–water partition coefficient (Wildman–Crippen LogP) is 2.41. The van der Waals surface area contributed by atoms with Gasteiger partial charge in [0.25, 0.3) is 0 Å². The fraction of sp³-hybridized carbons (Fsp3) is 0.474. The second kappa shape index (κ2) is 8.77. The summed E-state index contributed by atoms with van der Waals surface area (Å²) in [7, 11) is 1.60. The highest BCUT2D eigenvalue weighted by Crippen LogP contribution is 2.28. The van der Waals surface area contributed by atoms with Gasteiger partial charge in [-0.2, -0.15) is 0 Å². The summed E-state index contributed by atoms with van der Waals surface area (Å²) in [6.07, 6.45) is 0.630. The van der Waals surface area contributed by atoms with Crippen LogP contribution >= 0.6 is 11.3 Å². The first-order valence-electron chi connectivity index (χ1n) is 8.95. The van der Waals surface area contributed by atoms with Crippen molar-refractivity contribution in [3.05, 3.63) is 46.2 Å². The van der Waals surface area contributed by atoms with Gasteiger partial charge in [0.1, 0.15) is 11.4 Å². The molecule has 1 aromatic heterocycles. The van der Waals surface area contributed by atoms with Crippen molar-refractivity contribution in [1.82, 2.24) is 15.2 Å². The van der Waals surface area contributed by atoms with Crippen LogP contribution in [0.4, 0.5) is 10.1 Å². The topological polar surface area (TPSA) is 66.5 Å². The van der Waals surface area contributed by atoms with Gasteiger partial charge in [0, 0.05) is 44.4 Å². The molecular formula is C19H25FN4O2S. The fourth-order valence-electron chi connectivity index (χ4n) is 3.36. The Morgan fingerprint density at radius 3 is 3.04 bits per heavy atom. The molecule has 1 aromatic carbocycles. The van der Waals surface area contributed by atoms with Gasteiger partial charge in [0.05, 0.1) is 17.3 Å².